The number of hydrogen-bond acceptors (Lipinski definition) is 4. The third-order valence-corrected chi connectivity index (χ3v) is 5.38. The predicted octanol–water partition coefficient (Wildman–Crippen LogP) is 2.84. The van der Waals surface area contributed by atoms with Crippen LogP contribution in [0, 0.1) is 11.7 Å². The Morgan fingerprint density at radius 2 is 1.90 bits per heavy atom. The normalized spacial score (nSPS) is 18.3. The summed E-state index contributed by atoms with van der Waals surface area (Å²) in [4.78, 5) is 27.5. The van der Waals surface area contributed by atoms with E-state index in [9.17, 15) is 14.0 Å². The molecule has 0 spiro atoms. The molecule has 30 heavy (non-hydrogen) atoms. The molecule has 1 saturated heterocycles. The van der Waals surface area contributed by atoms with E-state index in [4.69, 9.17) is 9.47 Å². The number of rotatable bonds is 8. The van der Waals surface area contributed by atoms with Crippen molar-refractivity contribution in [3.05, 3.63) is 65.5 Å². The molecule has 2 aromatic rings. The summed E-state index contributed by atoms with van der Waals surface area (Å²) in [7, 11) is 3.18. The first kappa shape index (κ1) is 21.8. The monoisotopic (exact) mass is 414 g/mol. The topological polar surface area (TPSA) is 67.9 Å². The Hall–Kier alpha value is -2.93. The number of carbonyl (C=O) groups is 2. The molecule has 0 bridgehead atoms. The highest BCUT2D eigenvalue weighted by Crippen LogP contribution is 2.34. The van der Waals surface area contributed by atoms with Crippen molar-refractivity contribution >= 4 is 11.8 Å². The maximum absolute atomic E-state index is 13.8. The molecular formula is C23H27FN2O4. The third kappa shape index (κ3) is 5.16. The summed E-state index contributed by atoms with van der Waals surface area (Å²) in [5.41, 5.74) is 1.24. The van der Waals surface area contributed by atoms with Crippen LogP contribution in [0.15, 0.2) is 48.5 Å². The Bertz CT molecular complexity index is 872. The van der Waals surface area contributed by atoms with Crippen molar-refractivity contribution in [2.45, 2.75) is 12.3 Å². The summed E-state index contributed by atoms with van der Waals surface area (Å²) in [6.45, 7) is 1.68. The molecule has 1 fully saturated rings. The number of likely N-dealkylation sites (tertiary alicyclic amines) is 1. The van der Waals surface area contributed by atoms with Crippen LogP contribution in [0.1, 0.15) is 28.3 Å². The Labute approximate surface area is 176 Å². The van der Waals surface area contributed by atoms with E-state index in [1.807, 2.05) is 0 Å². The van der Waals surface area contributed by atoms with Crippen molar-refractivity contribution in [1.29, 1.82) is 0 Å². The summed E-state index contributed by atoms with van der Waals surface area (Å²) in [6.07, 6.45) is 0.702. The summed E-state index contributed by atoms with van der Waals surface area (Å²) >= 11 is 0. The standard InChI is InChI=1S/C23H27FN2O4/c1-29-12-4-11-25-22(27)21-15-26(14-20(21)17-5-3-6-18(24)13-17)23(28)16-7-9-19(30-2)10-8-16/h3,5-10,13,20-21H,4,11-12,14-15H2,1-2H3,(H,25,27). The Kier molecular flexibility index (Phi) is 7.41. The Morgan fingerprint density at radius 1 is 1.13 bits per heavy atom. The van der Waals surface area contributed by atoms with E-state index in [1.165, 1.54) is 12.1 Å². The van der Waals surface area contributed by atoms with Crippen LogP contribution in [0.25, 0.3) is 0 Å². The van der Waals surface area contributed by atoms with Crippen molar-refractivity contribution in [3.8, 4) is 5.75 Å². The summed E-state index contributed by atoms with van der Waals surface area (Å²) in [5, 5.41) is 2.92. The van der Waals surface area contributed by atoms with Gasteiger partial charge < -0.3 is 19.7 Å². The van der Waals surface area contributed by atoms with Crippen LogP contribution in [0.2, 0.25) is 0 Å². The third-order valence-electron chi connectivity index (χ3n) is 5.38. The van der Waals surface area contributed by atoms with E-state index in [2.05, 4.69) is 5.32 Å². The predicted molar refractivity (Wildman–Crippen MR) is 111 cm³/mol. The molecule has 160 valence electrons. The van der Waals surface area contributed by atoms with Gasteiger partial charge in [-0.05, 0) is 48.4 Å². The van der Waals surface area contributed by atoms with Crippen molar-refractivity contribution in [1.82, 2.24) is 10.2 Å². The molecule has 1 aliphatic rings. The largest absolute Gasteiger partial charge is 0.497 e. The molecule has 0 radical (unpaired) electrons. The summed E-state index contributed by atoms with van der Waals surface area (Å²) < 4.78 is 24.0. The van der Waals surface area contributed by atoms with Crippen molar-refractivity contribution < 1.29 is 23.5 Å². The van der Waals surface area contributed by atoms with Crippen molar-refractivity contribution in [2.24, 2.45) is 5.92 Å². The van der Waals surface area contributed by atoms with Gasteiger partial charge >= 0.3 is 0 Å². The maximum atomic E-state index is 13.8. The molecule has 0 aromatic heterocycles. The molecule has 7 heteroatoms. The van der Waals surface area contributed by atoms with Gasteiger partial charge in [-0.1, -0.05) is 12.1 Å². The smallest absolute Gasteiger partial charge is 0.253 e. The molecule has 1 N–H and O–H groups in total. The first-order chi connectivity index (χ1) is 14.5. The number of hydrogen-bond donors (Lipinski definition) is 1. The number of nitrogens with zero attached hydrogens (tertiary/aromatic N) is 1. The number of methoxy groups -OCH3 is 2. The van der Waals surface area contributed by atoms with Crippen molar-refractivity contribution in [2.75, 3.05) is 40.5 Å². The highest BCUT2D eigenvalue weighted by atomic mass is 19.1. The first-order valence-corrected chi connectivity index (χ1v) is 9.99. The van der Waals surface area contributed by atoms with E-state index in [0.29, 0.717) is 37.4 Å². The van der Waals surface area contributed by atoms with Gasteiger partial charge in [-0.25, -0.2) is 4.39 Å². The van der Waals surface area contributed by atoms with E-state index in [-0.39, 0.29) is 30.1 Å². The molecular weight excluding hydrogens is 387 g/mol. The number of nitrogens with one attached hydrogen (secondary N) is 1. The summed E-state index contributed by atoms with van der Waals surface area (Å²) in [5.74, 6) is -0.702. The second-order valence-corrected chi connectivity index (χ2v) is 7.34. The van der Waals surface area contributed by atoms with Gasteiger partial charge in [0.2, 0.25) is 5.91 Å². The maximum Gasteiger partial charge on any atom is 0.253 e. The Morgan fingerprint density at radius 3 is 2.57 bits per heavy atom. The van der Waals surface area contributed by atoms with Gasteiger partial charge in [-0.2, -0.15) is 0 Å². The molecule has 2 aromatic carbocycles. The molecule has 2 atom stereocenters. The minimum atomic E-state index is -0.448. The highest BCUT2D eigenvalue weighted by molar-refractivity contribution is 5.95. The van der Waals surface area contributed by atoms with Gasteiger partial charge in [0.05, 0.1) is 13.0 Å². The average Bonchev–Trinajstić information content (AvgIpc) is 3.22. The second kappa shape index (κ2) is 10.2. The number of benzene rings is 2. The van der Waals surface area contributed by atoms with Crippen LogP contribution < -0.4 is 10.1 Å². The van der Waals surface area contributed by atoms with E-state index < -0.39 is 5.92 Å². The molecule has 6 nitrogen and oxygen atoms in total. The van der Waals surface area contributed by atoms with Crippen LogP contribution in [-0.2, 0) is 9.53 Å². The zero-order chi connectivity index (χ0) is 21.5. The fourth-order valence-electron chi connectivity index (χ4n) is 3.79. The van der Waals surface area contributed by atoms with Crippen LogP contribution in [0.4, 0.5) is 4.39 Å². The molecule has 2 unspecified atom stereocenters. The molecule has 3 rings (SSSR count). The van der Waals surface area contributed by atoms with Gasteiger partial charge in [-0.15, -0.1) is 0 Å². The molecule has 1 heterocycles. The second-order valence-electron chi connectivity index (χ2n) is 7.34. The minimum Gasteiger partial charge on any atom is -0.497 e. The number of halogens is 1. The van der Waals surface area contributed by atoms with Gasteiger partial charge in [-0.3, -0.25) is 9.59 Å². The SMILES string of the molecule is COCCCNC(=O)C1CN(C(=O)c2ccc(OC)cc2)CC1c1cccc(F)c1. The molecule has 0 aliphatic carbocycles. The fraction of sp³-hybridized carbons (Fsp3) is 0.391. The lowest BCUT2D eigenvalue weighted by atomic mass is 9.88. The molecule has 0 saturated carbocycles. The van der Waals surface area contributed by atoms with Crippen molar-refractivity contribution in [3.63, 3.8) is 0 Å². The van der Waals surface area contributed by atoms with Crippen LogP contribution >= 0.6 is 0 Å². The number of amides is 2. The van der Waals surface area contributed by atoms with Gasteiger partial charge in [0.25, 0.3) is 5.91 Å². The van der Waals surface area contributed by atoms with Gasteiger partial charge in [0.1, 0.15) is 11.6 Å². The average molecular weight is 414 g/mol. The van der Waals surface area contributed by atoms with Crippen LogP contribution in [-0.4, -0.2) is 57.2 Å². The zero-order valence-electron chi connectivity index (χ0n) is 17.3. The summed E-state index contributed by atoms with van der Waals surface area (Å²) in [6, 6.07) is 13.1. The highest BCUT2D eigenvalue weighted by Gasteiger charge is 2.40. The number of carbonyl (C=O) groups excluding carboxylic acids is 2. The van der Waals surface area contributed by atoms with Gasteiger partial charge in [0, 0.05) is 44.8 Å². The lowest BCUT2D eigenvalue weighted by Gasteiger charge is -2.18. The quantitative estimate of drug-likeness (QED) is 0.675. The van der Waals surface area contributed by atoms with E-state index in [1.54, 1.807) is 55.5 Å². The molecule has 1 aliphatic heterocycles. The van der Waals surface area contributed by atoms with Crippen LogP contribution in [0.3, 0.4) is 0 Å². The number of ether oxygens (including phenoxy) is 2. The lowest BCUT2D eigenvalue weighted by molar-refractivity contribution is -0.124. The van der Waals surface area contributed by atoms with E-state index >= 15 is 0 Å². The van der Waals surface area contributed by atoms with E-state index in [0.717, 1.165) is 5.56 Å². The van der Waals surface area contributed by atoms with Gasteiger partial charge in [0.15, 0.2) is 0 Å². The first-order valence-electron chi connectivity index (χ1n) is 9.99. The Balaban J connectivity index is 1.78. The van der Waals surface area contributed by atoms with Crippen LogP contribution in [0.5, 0.6) is 5.75 Å². The lowest BCUT2D eigenvalue weighted by Crippen LogP contribution is -2.36. The minimum absolute atomic E-state index is 0.134. The molecule has 2 amide bonds. The zero-order valence-corrected chi connectivity index (χ0v) is 17.3. The fourth-order valence-corrected chi connectivity index (χ4v) is 3.79.